The van der Waals surface area contributed by atoms with Crippen LogP contribution in [0.25, 0.3) is 0 Å². The minimum Gasteiger partial charge on any atom is -0.399 e. The zero-order chi connectivity index (χ0) is 13.7. The number of aryl methyl sites for hydroxylation is 1. The van der Waals surface area contributed by atoms with Crippen LogP contribution in [0.4, 0.5) is 5.69 Å². The summed E-state index contributed by atoms with van der Waals surface area (Å²) in [4.78, 5) is 4.44. The van der Waals surface area contributed by atoms with Crippen LogP contribution in [0.5, 0.6) is 0 Å². The maximum absolute atomic E-state index is 5.70. The van der Waals surface area contributed by atoms with Crippen molar-refractivity contribution >= 4 is 17.0 Å². The van der Waals surface area contributed by atoms with Gasteiger partial charge in [-0.25, -0.2) is 4.98 Å². The summed E-state index contributed by atoms with van der Waals surface area (Å²) in [6, 6.07) is 8.17. The molecule has 1 atom stereocenters. The molecule has 3 nitrogen and oxygen atoms in total. The molecule has 0 radical (unpaired) electrons. The van der Waals surface area contributed by atoms with Gasteiger partial charge in [-0.1, -0.05) is 19.1 Å². The Morgan fingerprint density at radius 2 is 2.05 bits per heavy atom. The van der Waals surface area contributed by atoms with Crippen molar-refractivity contribution in [2.75, 3.05) is 12.3 Å². The zero-order valence-electron chi connectivity index (χ0n) is 11.5. The fourth-order valence-corrected chi connectivity index (χ4v) is 2.63. The molecule has 0 aliphatic heterocycles. The quantitative estimate of drug-likeness (QED) is 0.628. The molecule has 0 fully saturated rings. The molecule has 2 aromatic rings. The molecule has 4 heteroatoms. The number of nitrogens with one attached hydrogen (secondary N) is 1. The maximum atomic E-state index is 5.70. The zero-order valence-corrected chi connectivity index (χ0v) is 12.3. The van der Waals surface area contributed by atoms with Crippen molar-refractivity contribution in [1.82, 2.24) is 10.3 Å². The SMILES string of the molecule is Cc1nc(CNCCC(C)c2ccc(N)cc2)cs1. The summed E-state index contributed by atoms with van der Waals surface area (Å²) in [6.07, 6.45) is 1.12. The van der Waals surface area contributed by atoms with Gasteiger partial charge in [-0.2, -0.15) is 0 Å². The molecule has 2 rings (SSSR count). The number of hydrogen-bond acceptors (Lipinski definition) is 4. The minimum absolute atomic E-state index is 0.547. The lowest BCUT2D eigenvalue weighted by Crippen LogP contribution is -2.16. The Bertz CT molecular complexity index is 504. The van der Waals surface area contributed by atoms with Crippen molar-refractivity contribution < 1.29 is 0 Å². The minimum atomic E-state index is 0.547. The molecule has 0 aliphatic carbocycles. The van der Waals surface area contributed by atoms with Crippen LogP contribution < -0.4 is 11.1 Å². The highest BCUT2D eigenvalue weighted by Gasteiger charge is 2.05. The Balaban J connectivity index is 1.72. The average molecular weight is 275 g/mol. The topological polar surface area (TPSA) is 50.9 Å². The summed E-state index contributed by atoms with van der Waals surface area (Å²) < 4.78 is 0. The molecule has 1 unspecified atom stereocenters. The highest BCUT2D eigenvalue weighted by Crippen LogP contribution is 2.19. The van der Waals surface area contributed by atoms with Crippen molar-refractivity contribution in [3.8, 4) is 0 Å². The Labute approximate surface area is 118 Å². The lowest BCUT2D eigenvalue weighted by Gasteiger charge is -2.12. The van der Waals surface area contributed by atoms with Gasteiger partial charge in [-0.05, 0) is 43.5 Å². The highest BCUT2D eigenvalue weighted by molar-refractivity contribution is 7.09. The van der Waals surface area contributed by atoms with Crippen molar-refractivity contribution in [2.24, 2.45) is 0 Å². The van der Waals surface area contributed by atoms with Gasteiger partial charge in [0, 0.05) is 17.6 Å². The van der Waals surface area contributed by atoms with E-state index in [9.17, 15) is 0 Å². The number of thiazole rings is 1. The first-order valence-electron chi connectivity index (χ1n) is 6.62. The molecule has 0 amide bonds. The smallest absolute Gasteiger partial charge is 0.0897 e. The van der Waals surface area contributed by atoms with Crippen LogP contribution in [-0.2, 0) is 6.54 Å². The highest BCUT2D eigenvalue weighted by atomic mass is 32.1. The molecule has 1 heterocycles. The van der Waals surface area contributed by atoms with E-state index in [1.54, 1.807) is 11.3 Å². The normalized spacial score (nSPS) is 12.5. The molecule has 0 saturated carbocycles. The Kier molecular flexibility index (Phi) is 4.93. The average Bonchev–Trinajstić information content (AvgIpc) is 2.81. The molecule has 0 aliphatic rings. The number of hydrogen-bond donors (Lipinski definition) is 2. The lowest BCUT2D eigenvalue weighted by atomic mass is 9.98. The van der Waals surface area contributed by atoms with Gasteiger partial charge in [-0.3, -0.25) is 0 Å². The van der Waals surface area contributed by atoms with E-state index in [0.717, 1.165) is 35.9 Å². The fraction of sp³-hybridized carbons (Fsp3) is 0.400. The number of nitrogen functional groups attached to an aromatic ring is 1. The van der Waals surface area contributed by atoms with Gasteiger partial charge in [0.15, 0.2) is 0 Å². The van der Waals surface area contributed by atoms with Gasteiger partial charge < -0.3 is 11.1 Å². The second kappa shape index (κ2) is 6.68. The van der Waals surface area contributed by atoms with E-state index in [0.29, 0.717) is 5.92 Å². The van der Waals surface area contributed by atoms with Crippen molar-refractivity contribution in [1.29, 1.82) is 0 Å². The molecule has 102 valence electrons. The number of nitrogens with zero attached hydrogens (tertiary/aromatic N) is 1. The van der Waals surface area contributed by atoms with Crippen LogP contribution >= 0.6 is 11.3 Å². The number of rotatable bonds is 6. The van der Waals surface area contributed by atoms with Crippen LogP contribution in [0.3, 0.4) is 0 Å². The Morgan fingerprint density at radius 1 is 1.32 bits per heavy atom. The van der Waals surface area contributed by atoms with Crippen LogP contribution in [0, 0.1) is 6.92 Å². The first kappa shape index (κ1) is 14.0. The van der Waals surface area contributed by atoms with Crippen LogP contribution in [0.1, 0.15) is 35.5 Å². The largest absolute Gasteiger partial charge is 0.399 e. The second-order valence-electron chi connectivity index (χ2n) is 4.89. The van der Waals surface area contributed by atoms with Gasteiger partial charge in [0.05, 0.1) is 10.7 Å². The van der Waals surface area contributed by atoms with Crippen LogP contribution in [0.15, 0.2) is 29.6 Å². The van der Waals surface area contributed by atoms with Gasteiger partial charge in [-0.15, -0.1) is 11.3 Å². The summed E-state index contributed by atoms with van der Waals surface area (Å²) in [5, 5.41) is 6.69. The summed E-state index contributed by atoms with van der Waals surface area (Å²) in [7, 11) is 0. The third kappa shape index (κ3) is 4.33. The molecule has 0 bridgehead atoms. The lowest BCUT2D eigenvalue weighted by molar-refractivity contribution is 0.590. The van der Waals surface area contributed by atoms with Crippen LogP contribution in [0.2, 0.25) is 0 Å². The van der Waals surface area contributed by atoms with E-state index in [-0.39, 0.29) is 0 Å². The number of benzene rings is 1. The second-order valence-corrected chi connectivity index (χ2v) is 5.95. The molecular formula is C15H21N3S. The van der Waals surface area contributed by atoms with Gasteiger partial charge in [0.2, 0.25) is 0 Å². The monoisotopic (exact) mass is 275 g/mol. The number of nitrogens with two attached hydrogens (primary N) is 1. The summed E-state index contributed by atoms with van der Waals surface area (Å²) in [5.74, 6) is 0.547. The summed E-state index contributed by atoms with van der Waals surface area (Å²) in [6.45, 7) is 6.15. The van der Waals surface area contributed by atoms with E-state index < -0.39 is 0 Å². The number of aromatic nitrogens is 1. The van der Waals surface area contributed by atoms with Crippen molar-refractivity contribution in [2.45, 2.75) is 32.7 Å². The van der Waals surface area contributed by atoms with Gasteiger partial charge >= 0.3 is 0 Å². The standard InChI is InChI=1S/C15H21N3S/c1-11(13-3-5-14(16)6-4-13)7-8-17-9-15-10-19-12(2)18-15/h3-6,10-11,17H,7-9,16H2,1-2H3. The van der Waals surface area contributed by atoms with Crippen LogP contribution in [-0.4, -0.2) is 11.5 Å². The molecule has 3 N–H and O–H groups in total. The van der Waals surface area contributed by atoms with E-state index in [1.165, 1.54) is 5.56 Å². The molecular weight excluding hydrogens is 254 g/mol. The maximum Gasteiger partial charge on any atom is 0.0897 e. The molecule has 0 saturated heterocycles. The third-order valence-corrected chi connectivity index (χ3v) is 4.05. The Morgan fingerprint density at radius 3 is 2.68 bits per heavy atom. The molecule has 0 spiro atoms. The molecule has 1 aromatic heterocycles. The number of anilines is 1. The van der Waals surface area contributed by atoms with Crippen molar-refractivity contribution in [3.05, 3.63) is 45.9 Å². The van der Waals surface area contributed by atoms with E-state index in [2.05, 4.69) is 34.7 Å². The van der Waals surface area contributed by atoms with Crippen molar-refractivity contribution in [3.63, 3.8) is 0 Å². The first-order valence-corrected chi connectivity index (χ1v) is 7.50. The van der Waals surface area contributed by atoms with E-state index in [1.807, 2.05) is 19.1 Å². The molecule has 19 heavy (non-hydrogen) atoms. The van der Waals surface area contributed by atoms with Gasteiger partial charge in [0.25, 0.3) is 0 Å². The summed E-state index contributed by atoms with van der Waals surface area (Å²) >= 11 is 1.70. The third-order valence-electron chi connectivity index (χ3n) is 3.23. The summed E-state index contributed by atoms with van der Waals surface area (Å²) in [5.41, 5.74) is 9.01. The predicted molar refractivity (Wildman–Crippen MR) is 82.4 cm³/mol. The Hall–Kier alpha value is -1.39. The van der Waals surface area contributed by atoms with E-state index in [4.69, 9.17) is 5.73 Å². The molecule has 1 aromatic carbocycles. The first-order chi connectivity index (χ1) is 9.15. The predicted octanol–water partition coefficient (Wildman–Crippen LogP) is 3.32. The fourth-order valence-electron chi connectivity index (χ4n) is 2.02. The van der Waals surface area contributed by atoms with E-state index >= 15 is 0 Å². The van der Waals surface area contributed by atoms with Gasteiger partial charge in [0.1, 0.15) is 0 Å².